The van der Waals surface area contributed by atoms with Crippen LogP contribution in [0.1, 0.15) is 0 Å². The van der Waals surface area contributed by atoms with Crippen LogP contribution in [-0.4, -0.2) is 25.9 Å². The number of anilines is 1. The van der Waals surface area contributed by atoms with E-state index in [0.29, 0.717) is 10.2 Å². The van der Waals surface area contributed by atoms with Gasteiger partial charge in [-0.15, -0.1) is 16.4 Å². The van der Waals surface area contributed by atoms with Gasteiger partial charge in [-0.25, -0.2) is 9.67 Å². The molecule has 0 bridgehead atoms. The molecular weight excluding hydrogens is 358 g/mol. The van der Waals surface area contributed by atoms with Gasteiger partial charge < -0.3 is 5.32 Å². The number of nitrogens with zero attached hydrogens (tertiary/aromatic N) is 4. The monoisotopic (exact) mass is 369 g/mol. The number of hydrogen-bond acceptors (Lipinski definition) is 5. The fraction of sp³-hybridized carbons (Fsp3) is 0.0588. The maximum Gasteiger partial charge on any atom is 0.247 e. The van der Waals surface area contributed by atoms with E-state index in [1.165, 1.54) is 11.3 Å². The van der Waals surface area contributed by atoms with Crippen LogP contribution in [-0.2, 0) is 11.3 Å². The van der Waals surface area contributed by atoms with E-state index in [2.05, 4.69) is 20.6 Å². The average molecular weight is 370 g/mol. The summed E-state index contributed by atoms with van der Waals surface area (Å²) in [5.41, 5.74) is 3.32. The Morgan fingerprint density at radius 2 is 1.96 bits per heavy atom. The van der Waals surface area contributed by atoms with Crippen molar-refractivity contribution in [3.05, 3.63) is 58.9 Å². The number of benzene rings is 2. The minimum Gasteiger partial charge on any atom is -0.300 e. The Morgan fingerprint density at radius 3 is 2.80 bits per heavy atom. The molecule has 2 heterocycles. The van der Waals surface area contributed by atoms with Gasteiger partial charge in [0.05, 0.1) is 11.2 Å². The number of nitrogens with one attached hydrogen (secondary N) is 1. The fourth-order valence-corrected chi connectivity index (χ4v) is 3.28. The summed E-state index contributed by atoms with van der Waals surface area (Å²) in [6.45, 7) is 0.0797. The number of fused-ring (bicyclic) bond motifs is 1. The number of para-hydroxylation sites is 1. The predicted molar refractivity (Wildman–Crippen MR) is 98.7 cm³/mol. The number of hydrogen-bond donors (Lipinski definition) is 1. The number of rotatable bonds is 4. The first kappa shape index (κ1) is 15.7. The first-order chi connectivity index (χ1) is 12.2. The SMILES string of the molecule is O=C(Cn1nnc2ccccc21)Nc1nc(-c2ccc(Cl)cc2)cs1. The highest BCUT2D eigenvalue weighted by molar-refractivity contribution is 7.14. The van der Waals surface area contributed by atoms with Crippen molar-refractivity contribution < 1.29 is 4.79 Å². The molecule has 0 aliphatic rings. The Hall–Kier alpha value is -2.77. The fourth-order valence-electron chi connectivity index (χ4n) is 2.41. The minimum absolute atomic E-state index is 0.0797. The molecule has 0 fully saturated rings. The molecule has 1 amide bonds. The highest BCUT2D eigenvalue weighted by Crippen LogP contribution is 2.26. The molecule has 1 N–H and O–H groups in total. The molecule has 4 aromatic rings. The van der Waals surface area contributed by atoms with Crippen LogP contribution in [0.4, 0.5) is 5.13 Å². The molecule has 0 saturated carbocycles. The van der Waals surface area contributed by atoms with Crippen LogP contribution in [0.15, 0.2) is 53.9 Å². The van der Waals surface area contributed by atoms with Crippen molar-refractivity contribution in [3.8, 4) is 11.3 Å². The Morgan fingerprint density at radius 1 is 1.16 bits per heavy atom. The van der Waals surface area contributed by atoms with Crippen LogP contribution in [0.5, 0.6) is 0 Å². The van der Waals surface area contributed by atoms with Crippen LogP contribution in [0.3, 0.4) is 0 Å². The normalized spacial score (nSPS) is 10.9. The molecule has 6 nitrogen and oxygen atoms in total. The van der Waals surface area contributed by atoms with E-state index >= 15 is 0 Å². The number of aromatic nitrogens is 4. The number of halogens is 1. The predicted octanol–water partition coefficient (Wildman–Crippen LogP) is 3.85. The lowest BCUT2D eigenvalue weighted by atomic mass is 10.2. The summed E-state index contributed by atoms with van der Waals surface area (Å²) >= 11 is 7.27. The summed E-state index contributed by atoms with van der Waals surface area (Å²) in [5.74, 6) is -0.201. The van der Waals surface area contributed by atoms with Crippen molar-refractivity contribution in [3.63, 3.8) is 0 Å². The molecule has 2 aromatic carbocycles. The average Bonchev–Trinajstić information content (AvgIpc) is 3.23. The molecule has 0 aliphatic heterocycles. The van der Waals surface area contributed by atoms with Gasteiger partial charge in [-0.05, 0) is 24.3 Å². The van der Waals surface area contributed by atoms with E-state index in [4.69, 9.17) is 11.6 Å². The standard InChI is InChI=1S/C17H12ClN5OS/c18-12-7-5-11(6-8-12)14-10-25-17(19-14)20-16(24)9-23-15-4-2-1-3-13(15)21-22-23/h1-8,10H,9H2,(H,19,20,24). The molecular formula is C17H12ClN5OS. The summed E-state index contributed by atoms with van der Waals surface area (Å²) < 4.78 is 1.57. The summed E-state index contributed by atoms with van der Waals surface area (Å²) in [5, 5.41) is 14.0. The summed E-state index contributed by atoms with van der Waals surface area (Å²) in [6.07, 6.45) is 0. The molecule has 2 aromatic heterocycles. The molecule has 0 radical (unpaired) electrons. The van der Waals surface area contributed by atoms with Gasteiger partial charge in [0, 0.05) is 16.0 Å². The second-order valence-electron chi connectivity index (χ2n) is 5.33. The lowest BCUT2D eigenvalue weighted by Crippen LogP contribution is -2.19. The van der Waals surface area contributed by atoms with Gasteiger partial charge in [0.15, 0.2) is 5.13 Å². The van der Waals surface area contributed by atoms with Crippen LogP contribution >= 0.6 is 22.9 Å². The minimum atomic E-state index is -0.201. The second-order valence-corrected chi connectivity index (χ2v) is 6.62. The van der Waals surface area contributed by atoms with Gasteiger partial charge in [0.2, 0.25) is 5.91 Å². The highest BCUT2D eigenvalue weighted by atomic mass is 35.5. The molecule has 0 aliphatic carbocycles. The molecule has 4 rings (SSSR count). The van der Waals surface area contributed by atoms with E-state index in [1.807, 2.05) is 53.9 Å². The number of carbonyl (C=O) groups excluding carboxylic acids is 1. The third-order valence-corrected chi connectivity index (χ3v) is 4.61. The van der Waals surface area contributed by atoms with Crippen LogP contribution < -0.4 is 5.32 Å². The van der Waals surface area contributed by atoms with E-state index in [1.54, 1.807) is 4.68 Å². The first-order valence-electron chi connectivity index (χ1n) is 7.48. The highest BCUT2D eigenvalue weighted by Gasteiger charge is 2.11. The topological polar surface area (TPSA) is 72.7 Å². The van der Waals surface area contributed by atoms with Crippen molar-refractivity contribution in [2.24, 2.45) is 0 Å². The molecule has 8 heteroatoms. The second kappa shape index (κ2) is 6.62. The zero-order valence-electron chi connectivity index (χ0n) is 12.9. The Labute approximate surface area is 152 Å². The van der Waals surface area contributed by atoms with Gasteiger partial charge in [0.25, 0.3) is 0 Å². The lowest BCUT2D eigenvalue weighted by molar-refractivity contribution is -0.116. The van der Waals surface area contributed by atoms with Crippen molar-refractivity contribution >= 4 is 45.0 Å². The van der Waals surface area contributed by atoms with Gasteiger partial charge in [-0.3, -0.25) is 4.79 Å². The summed E-state index contributed by atoms with van der Waals surface area (Å²) in [7, 11) is 0. The number of carbonyl (C=O) groups is 1. The maximum atomic E-state index is 12.3. The van der Waals surface area contributed by atoms with Crippen LogP contribution in [0.25, 0.3) is 22.3 Å². The van der Waals surface area contributed by atoms with Crippen molar-refractivity contribution in [1.82, 2.24) is 20.0 Å². The third-order valence-electron chi connectivity index (χ3n) is 3.60. The molecule has 25 heavy (non-hydrogen) atoms. The largest absolute Gasteiger partial charge is 0.300 e. The first-order valence-corrected chi connectivity index (χ1v) is 8.74. The van der Waals surface area contributed by atoms with E-state index in [9.17, 15) is 4.79 Å². The summed E-state index contributed by atoms with van der Waals surface area (Å²) in [6, 6.07) is 14.9. The van der Waals surface area contributed by atoms with Crippen molar-refractivity contribution in [1.29, 1.82) is 0 Å². The zero-order chi connectivity index (χ0) is 17.2. The van der Waals surface area contributed by atoms with Gasteiger partial charge >= 0.3 is 0 Å². The third kappa shape index (κ3) is 3.38. The molecule has 124 valence electrons. The Balaban J connectivity index is 1.47. The molecule has 0 atom stereocenters. The molecule has 0 saturated heterocycles. The van der Waals surface area contributed by atoms with Crippen LogP contribution in [0.2, 0.25) is 5.02 Å². The van der Waals surface area contributed by atoms with Gasteiger partial charge in [-0.2, -0.15) is 0 Å². The number of thiazole rings is 1. The van der Waals surface area contributed by atoms with Crippen molar-refractivity contribution in [2.75, 3.05) is 5.32 Å². The van der Waals surface area contributed by atoms with E-state index in [0.717, 1.165) is 22.3 Å². The smallest absolute Gasteiger partial charge is 0.247 e. The maximum absolute atomic E-state index is 12.3. The van der Waals surface area contributed by atoms with E-state index in [-0.39, 0.29) is 12.5 Å². The van der Waals surface area contributed by atoms with Gasteiger partial charge in [-0.1, -0.05) is 41.1 Å². The van der Waals surface area contributed by atoms with E-state index < -0.39 is 0 Å². The Kier molecular flexibility index (Phi) is 4.17. The number of amides is 1. The zero-order valence-corrected chi connectivity index (χ0v) is 14.5. The van der Waals surface area contributed by atoms with Gasteiger partial charge in [0.1, 0.15) is 12.1 Å². The molecule has 0 spiro atoms. The van der Waals surface area contributed by atoms with Crippen LogP contribution in [0, 0.1) is 0 Å². The lowest BCUT2D eigenvalue weighted by Gasteiger charge is -2.02. The quantitative estimate of drug-likeness (QED) is 0.593. The van der Waals surface area contributed by atoms with Crippen molar-refractivity contribution in [2.45, 2.75) is 6.54 Å². The Bertz CT molecular complexity index is 1040. The molecule has 0 unspecified atom stereocenters. The summed E-state index contributed by atoms with van der Waals surface area (Å²) in [4.78, 5) is 16.7.